The van der Waals surface area contributed by atoms with Crippen LogP contribution < -0.4 is 50.3 Å². The van der Waals surface area contributed by atoms with Gasteiger partial charge >= 0.3 is 0 Å². The highest BCUT2D eigenvalue weighted by atomic mass is 127. The van der Waals surface area contributed by atoms with E-state index in [1.807, 2.05) is 12.3 Å². The average molecular weight is 804 g/mol. The normalized spacial score (nSPS) is 12.9. The first-order valence-electron chi connectivity index (χ1n) is 17.3. The summed E-state index contributed by atoms with van der Waals surface area (Å²) in [6.07, 6.45) is 5.76. The summed E-state index contributed by atoms with van der Waals surface area (Å²) in [6.45, 7) is 9.33. The van der Waals surface area contributed by atoms with Crippen molar-refractivity contribution < 1.29 is 28.4 Å². The van der Waals surface area contributed by atoms with Gasteiger partial charge in [-0.1, -0.05) is 142 Å². The Kier molecular flexibility index (Phi) is 12.8. The topological polar surface area (TPSA) is 22.1 Å². The summed E-state index contributed by atoms with van der Waals surface area (Å²) >= 11 is 0. The van der Waals surface area contributed by atoms with Crippen LogP contribution in [0.4, 0.5) is 0 Å². The minimum absolute atomic E-state index is 0. The van der Waals surface area contributed by atoms with E-state index >= 15 is 0 Å². The number of aromatic nitrogens is 1. The van der Waals surface area contributed by atoms with E-state index in [2.05, 4.69) is 198 Å². The second-order valence-electron chi connectivity index (χ2n) is 13.7. The van der Waals surface area contributed by atoms with Gasteiger partial charge in [0.2, 0.25) is 0 Å². The van der Waals surface area contributed by atoms with Crippen molar-refractivity contribution in [3.8, 4) is 0 Å². The maximum atomic E-state index is 7.97. The van der Waals surface area contributed by atoms with Crippen LogP contribution in [0.2, 0.25) is 5.04 Å². The molecule has 5 heteroatoms. The van der Waals surface area contributed by atoms with Gasteiger partial charge in [-0.2, -0.15) is 0 Å². The van der Waals surface area contributed by atoms with Crippen LogP contribution in [0.5, 0.6) is 0 Å². The molecule has 0 fully saturated rings. The molecule has 1 aromatic heterocycles. The zero-order valence-electron chi connectivity index (χ0n) is 29.5. The van der Waals surface area contributed by atoms with Gasteiger partial charge in [-0.3, -0.25) is 4.98 Å². The highest BCUT2D eigenvalue weighted by Gasteiger charge is 2.52. The summed E-state index contributed by atoms with van der Waals surface area (Å²) in [6, 6.07) is 61.7. The number of hydrogen-bond donors (Lipinski definition) is 0. The van der Waals surface area contributed by atoms with Gasteiger partial charge in [-0.05, 0) is 82.5 Å². The zero-order chi connectivity index (χ0) is 34.2. The minimum atomic E-state index is -2.88. The predicted octanol–water partition coefficient (Wildman–Crippen LogP) is 5.82. The first kappa shape index (κ1) is 37.6. The van der Waals surface area contributed by atoms with Gasteiger partial charge in [-0.25, -0.2) is 0 Å². The molecule has 1 heterocycles. The first-order chi connectivity index (χ1) is 23.8. The molecule has 6 rings (SSSR count). The molecule has 0 radical (unpaired) electrons. The Bertz CT molecular complexity index is 1780. The van der Waals surface area contributed by atoms with Gasteiger partial charge in [0, 0.05) is 12.6 Å². The van der Waals surface area contributed by atoms with E-state index < -0.39 is 15.6 Å². The molecule has 0 aliphatic carbocycles. The van der Waals surface area contributed by atoms with Crippen molar-refractivity contribution in [2.45, 2.75) is 45.3 Å². The van der Waals surface area contributed by atoms with Crippen LogP contribution in [0, 0.1) is 0 Å². The van der Waals surface area contributed by atoms with Gasteiger partial charge in [0.1, 0.15) is 23.2 Å². The third-order valence-electron chi connectivity index (χ3n) is 9.62. The Morgan fingerprint density at radius 1 is 0.620 bits per heavy atom. The average Bonchev–Trinajstić information content (AvgIpc) is 3.15. The number of nitrogens with zero attached hydrogens (tertiary/aromatic N) is 1. The second-order valence-corrected chi connectivity index (χ2v) is 21.6. The summed E-state index contributed by atoms with van der Waals surface area (Å²) in [5, 5.41) is 6.61. The van der Waals surface area contributed by atoms with Gasteiger partial charge in [0.05, 0.1) is 18.0 Å². The fraction of sp³-hybridized carbons (Fsp3) is 0.178. The fourth-order valence-electron chi connectivity index (χ4n) is 7.26. The van der Waals surface area contributed by atoms with E-state index in [-0.39, 0.29) is 35.1 Å². The molecule has 254 valence electrons. The molecule has 50 heavy (non-hydrogen) atoms. The van der Waals surface area contributed by atoms with E-state index in [0.717, 1.165) is 18.3 Å². The van der Waals surface area contributed by atoms with E-state index in [4.69, 9.17) is 9.41 Å². The largest absolute Gasteiger partial charge is 1.00 e. The summed E-state index contributed by atoms with van der Waals surface area (Å²) in [7, 11) is -4.96. The lowest BCUT2D eigenvalue weighted by Gasteiger charge is -2.45. The molecule has 5 aromatic carbocycles. The summed E-state index contributed by atoms with van der Waals surface area (Å²) < 4.78 is 7.97. The van der Waals surface area contributed by atoms with Crippen LogP contribution in [-0.4, -0.2) is 25.6 Å². The monoisotopic (exact) mass is 803 g/mol. The van der Waals surface area contributed by atoms with Gasteiger partial charge in [0.25, 0.3) is 8.32 Å². The van der Waals surface area contributed by atoms with Crippen molar-refractivity contribution >= 4 is 47.9 Å². The molecule has 0 saturated carbocycles. The lowest BCUT2D eigenvalue weighted by atomic mass is 10.1. The molecule has 0 N–H and O–H groups in total. The standard InChI is InChI=1S/C45H47NOPSi.HI/c1-37(36-38-22-20-21-34-46-38)44(47-49(45(2,3)4,42-29-16-8-17-30-42)43-31-18-9-19-32-43)33-35-48(39-23-10-5-11-24-39,40-25-12-6-13-26-40)41-27-14-7-15-28-41;/h5-32,34,36,44H,33,35H2,1-4H3;1H/q+1;/p-1/b37-36+;/t44-;/m0./s1. The molecule has 6 aromatic rings. The van der Waals surface area contributed by atoms with Crippen LogP contribution in [0.3, 0.4) is 0 Å². The van der Waals surface area contributed by atoms with Crippen LogP contribution in [-0.2, 0) is 4.43 Å². The fourth-order valence-corrected chi connectivity index (χ4v) is 16.3. The van der Waals surface area contributed by atoms with Crippen molar-refractivity contribution in [2.24, 2.45) is 0 Å². The van der Waals surface area contributed by atoms with E-state index in [1.165, 1.54) is 31.9 Å². The highest BCUT2D eigenvalue weighted by molar-refractivity contribution is 7.95. The molecule has 0 aliphatic rings. The van der Waals surface area contributed by atoms with Crippen LogP contribution >= 0.6 is 7.26 Å². The summed E-state index contributed by atoms with van der Waals surface area (Å²) in [4.78, 5) is 4.70. The van der Waals surface area contributed by atoms with Gasteiger partial charge < -0.3 is 28.4 Å². The Morgan fingerprint density at radius 3 is 1.40 bits per heavy atom. The number of benzene rings is 5. The van der Waals surface area contributed by atoms with Gasteiger partial charge in [-0.15, -0.1) is 0 Å². The van der Waals surface area contributed by atoms with E-state index in [1.54, 1.807) is 0 Å². The predicted molar refractivity (Wildman–Crippen MR) is 215 cm³/mol. The molecular formula is C45H47INOPSi. The number of rotatable bonds is 12. The number of halogens is 1. The maximum absolute atomic E-state index is 7.97. The molecule has 0 spiro atoms. The molecule has 0 unspecified atom stereocenters. The lowest BCUT2D eigenvalue weighted by Crippen LogP contribution is -3.00. The lowest BCUT2D eigenvalue weighted by molar-refractivity contribution is -0.0000107. The Balaban J connectivity index is 0.00000486. The summed E-state index contributed by atoms with van der Waals surface area (Å²) in [5.74, 6) is 0. The summed E-state index contributed by atoms with van der Waals surface area (Å²) in [5.41, 5.74) is 2.14. The third kappa shape index (κ3) is 7.95. The maximum Gasteiger partial charge on any atom is 0.261 e. The molecular weight excluding hydrogens is 756 g/mol. The zero-order valence-corrected chi connectivity index (χ0v) is 33.5. The minimum Gasteiger partial charge on any atom is -1.00 e. The highest BCUT2D eigenvalue weighted by Crippen LogP contribution is 2.56. The third-order valence-corrected chi connectivity index (χ3v) is 19.1. The Hall–Kier alpha value is -3.67. The molecule has 2 nitrogen and oxygen atoms in total. The quantitative estimate of drug-likeness (QED) is 0.0886. The van der Waals surface area contributed by atoms with Crippen LogP contribution in [0.15, 0.2) is 182 Å². The molecule has 0 aliphatic heterocycles. The Labute approximate surface area is 318 Å². The molecule has 1 atom stereocenters. The van der Waals surface area contributed by atoms with Crippen molar-refractivity contribution in [3.63, 3.8) is 0 Å². The SMILES string of the molecule is C/C(=C\c1ccccn1)[C@H](CC[P+](c1ccccc1)(c1ccccc1)c1ccccc1)O[Si](c1ccccc1)(c1ccccc1)C(C)(C)C.[I-]. The van der Waals surface area contributed by atoms with E-state index in [9.17, 15) is 0 Å². The molecule has 0 bridgehead atoms. The van der Waals surface area contributed by atoms with Crippen molar-refractivity contribution in [1.82, 2.24) is 4.98 Å². The first-order valence-corrected chi connectivity index (χ1v) is 21.2. The number of pyridine rings is 1. The molecule has 0 amide bonds. The van der Waals surface area contributed by atoms with Crippen molar-refractivity contribution in [2.75, 3.05) is 6.16 Å². The van der Waals surface area contributed by atoms with Crippen molar-refractivity contribution in [1.29, 1.82) is 0 Å². The van der Waals surface area contributed by atoms with Crippen molar-refractivity contribution in [3.05, 3.63) is 187 Å². The van der Waals surface area contributed by atoms with E-state index in [0.29, 0.717) is 0 Å². The smallest absolute Gasteiger partial charge is 0.261 e. The Morgan fingerprint density at radius 2 is 1.02 bits per heavy atom. The van der Waals surface area contributed by atoms with Crippen LogP contribution in [0.25, 0.3) is 6.08 Å². The van der Waals surface area contributed by atoms with Crippen LogP contribution in [0.1, 0.15) is 39.8 Å². The second kappa shape index (κ2) is 17.0. The molecule has 0 saturated heterocycles. The number of hydrogen-bond acceptors (Lipinski definition) is 2. The van der Waals surface area contributed by atoms with Gasteiger partial charge in [0.15, 0.2) is 0 Å².